The highest BCUT2D eigenvalue weighted by molar-refractivity contribution is 5.98. The van der Waals surface area contributed by atoms with E-state index in [9.17, 15) is 10.5 Å². The van der Waals surface area contributed by atoms with Crippen molar-refractivity contribution < 1.29 is 0 Å². The topological polar surface area (TPSA) is 54.1 Å². The number of nitrogens with zero attached hydrogens (tertiary/aromatic N) is 4. The molecule has 80 heavy (non-hydrogen) atoms. The molecule has 11 aromatic carbocycles. The fourth-order valence-corrected chi connectivity index (χ4v) is 12.6. The van der Waals surface area contributed by atoms with Crippen LogP contribution in [0.25, 0.3) is 66.8 Å². The van der Waals surface area contributed by atoms with Gasteiger partial charge in [-0.25, -0.2) is 0 Å². The molecule has 14 rings (SSSR count). The van der Waals surface area contributed by atoms with E-state index in [0.29, 0.717) is 17.0 Å². The Bertz CT molecular complexity index is 4180. The van der Waals surface area contributed by atoms with Crippen LogP contribution < -0.4 is 9.80 Å². The third-order valence-electron chi connectivity index (χ3n) is 16.4. The minimum Gasteiger partial charge on any atom is -0.311 e. The van der Waals surface area contributed by atoms with Gasteiger partial charge in [-0.3, -0.25) is 0 Å². The van der Waals surface area contributed by atoms with Gasteiger partial charge in [0.05, 0.1) is 28.7 Å². The number of anilines is 5. The largest absolute Gasteiger partial charge is 0.311 e. The summed E-state index contributed by atoms with van der Waals surface area (Å²) in [6, 6.07) is 98.3. The van der Waals surface area contributed by atoms with Crippen LogP contribution in [0.4, 0.5) is 28.4 Å². The molecule has 376 valence electrons. The molecule has 3 aliphatic carbocycles. The lowest BCUT2D eigenvalue weighted by Crippen LogP contribution is -2.27. The first kappa shape index (κ1) is 47.9. The lowest BCUT2D eigenvalue weighted by molar-refractivity contribution is 0.728. The molecule has 0 N–H and O–H groups in total. The zero-order valence-corrected chi connectivity index (χ0v) is 44.1. The van der Waals surface area contributed by atoms with Gasteiger partial charge in [0.15, 0.2) is 0 Å². The first-order chi connectivity index (χ1) is 39.4. The van der Waals surface area contributed by atoms with E-state index in [0.717, 1.165) is 130 Å². The number of rotatable bonds is 10. The average Bonchev–Trinajstić information content (AvgIpc) is 4.22. The highest BCUT2D eigenvalue weighted by Gasteiger charge is 2.52. The maximum Gasteiger partial charge on any atom is 0.0991 e. The van der Waals surface area contributed by atoms with E-state index in [1.807, 2.05) is 12.1 Å². The van der Waals surface area contributed by atoms with Crippen LogP contribution >= 0.6 is 0 Å². The predicted octanol–water partition coefficient (Wildman–Crippen LogP) is 19.5. The molecule has 0 saturated heterocycles. The van der Waals surface area contributed by atoms with Crippen LogP contribution in [0, 0.1) is 28.6 Å². The summed E-state index contributed by atoms with van der Waals surface area (Å²) in [6.45, 7) is 2.27. The molecule has 0 amide bonds. The third kappa shape index (κ3) is 8.13. The van der Waals surface area contributed by atoms with E-state index in [2.05, 4.69) is 296 Å². The van der Waals surface area contributed by atoms with Crippen molar-refractivity contribution in [2.24, 2.45) is 5.92 Å². The number of allylic oxidation sites excluding steroid dienone is 3. The van der Waals surface area contributed by atoms with E-state index >= 15 is 0 Å². The van der Waals surface area contributed by atoms with Crippen molar-refractivity contribution in [2.45, 2.75) is 18.8 Å². The number of nitriles is 2. The average molecular weight is 1020 g/mol. The molecule has 0 heterocycles. The predicted molar refractivity (Wildman–Crippen MR) is 328 cm³/mol. The highest BCUT2D eigenvalue weighted by atomic mass is 15.2. The first-order valence-corrected chi connectivity index (χ1v) is 27.4. The van der Waals surface area contributed by atoms with Crippen molar-refractivity contribution >= 4 is 28.4 Å². The molecule has 0 radical (unpaired) electrons. The van der Waals surface area contributed by atoms with Crippen LogP contribution in [0.1, 0.15) is 46.7 Å². The van der Waals surface area contributed by atoms with E-state index in [1.165, 1.54) is 0 Å². The van der Waals surface area contributed by atoms with Gasteiger partial charge in [0.25, 0.3) is 0 Å². The Balaban J connectivity index is 1.04. The molecule has 0 saturated carbocycles. The van der Waals surface area contributed by atoms with Crippen molar-refractivity contribution in [3.8, 4) is 78.9 Å². The molecule has 0 bridgehead atoms. The zero-order chi connectivity index (χ0) is 53.7. The van der Waals surface area contributed by atoms with E-state index < -0.39 is 5.41 Å². The summed E-state index contributed by atoms with van der Waals surface area (Å²) in [6.07, 6.45) is 7.88. The van der Waals surface area contributed by atoms with E-state index in [4.69, 9.17) is 0 Å². The second-order valence-electron chi connectivity index (χ2n) is 21.2. The SMILES string of the molecule is CC1C=CC(N(c2cc(-c3ccccc3)cc(-c3ccccc3)c2)c2ccc3c(c2)C2(c4cc(C#N)ccc4-c4ccc(C#N)cc42)c2cc(N(c4ccccc4)c4cc(-c5ccccc5)cc(-c5ccccc5)c4)ccc2-3)=CC1. The standard InChI is InChI=1S/C76H52N4/c1-51-27-31-63(32-28-51)80(67-45-60(56-21-11-4-12-22-56)42-61(46-67)57-23-13-5-14-24-57)65-34-38-71-70-37-33-64(47-74(70)76(75(71)48-65)72-39-52(49-77)29-35-68(72)69-36-30-53(50-78)40-73(69)76)79(62-25-15-6-16-26-62)66-43-58(54-17-7-2-8-18-54)41-59(44-66)55-19-9-3-10-20-55/h2-27,29-48,51H,28H2,1H3. The molecule has 11 aromatic rings. The molecule has 4 nitrogen and oxygen atoms in total. The van der Waals surface area contributed by atoms with E-state index in [-0.39, 0.29) is 0 Å². The summed E-state index contributed by atoms with van der Waals surface area (Å²) in [5.41, 5.74) is 23.9. The lowest BCUT2D eigenvalue weighted by atomic mass is 9.70. The Morgan fingerprint density at radius 1 is 0.350 bits per heavy atom. The van der Waals surface area contributed by atoms with Crippen molar-refractivity contribution in [1.29, 1.82) is 10.5 Å². The van der Waals surface area contributed by atoms with Gasteiger partial charge in [0.1, 0.15) is 0 Å². The molecule has 1 atom stereocenters. The minimum atomic E-state index is -0.942. The fraction of sp³-hybridized carbons (Fsp3) is 0.0526. The maximum atomic E-state index is 10.8. The smallest absolute Gasteiger partial charge is 0.0991 e. The molecule has 0 aromatic heterocycles. The van der Waals surface area contributed by atoms with Crippen molar-refractivity contribution in [1.82, 2.24) is 0 Å². The summed E-state index contributed by atoms with van der Waals surface area (Å²) in [5, 5.41) is 21.5. The lowest BCUT2D eigenvalue weighted by Gasteiger charge is -2.34. The third-order valence-corrected chi connectivity index (χ3v) is 16.4. The number of fused-ring (bicyclic) bond motifs is 10. The van der Waals surface area contributed by atoms with Crippen LogP contribution in [0.2, 0.25) is 0 Å². The van der Waals surface area contributed by atoms with Gasteiger partial charge < -0.3 is 9.80 Å². The fourth-order valence-electron chi connectivity index (χ4n) is 12.6. The van der Waals surface area contributed by atoms with Gasteiger partial charge in [-0.15, -0.1) is 0 Å². The zero-order valence-electron chi connectivity index (χ0n) is 44.1. The Morgan fingerprint density at radius 3 is 1.10 bits per heavy atom. The molecule has 3 aliphatic rings. The van der Waals surface area contributed by atoms with Crippen LogP contribution in [-0.4, -0.2) is 0 Å². The van der Waals surface area contributed by atoms with Crippen molar-refractivity contribution in [3.05, 3.63) is 318 Å². The molecule has 0 fully saturated rings. The summed E-state index contributed by atoms with van der Waals surface area (Å²) in [4.78, 5) is 4.81. The number of hydrogen-bond donors (Lipinski definition) is 0. The van der Waals surface area contributed by atoms with E-state index in [1.54, 1.807) is 0 Å². The molecule has 0 aliphatic heterocycles. The van der Waals surface area contributed by atoms with Gasteiger partial charge in [0, 0.05) is 34.1 Å². The maximum absolute atomic E-state index is 10.8. The Hall–Kier alpha value is -10.5. The van der Waals surface area contributed by atoms with Gasteiger partial charge in [0.2, 0.25) is 0 Å². The van der Waals surface area contributed by atoms with Gasteiger partial charge >= 0.3 is 0 Å². The minimum absolute atomic E-state index is 0.402. The Morgan fingerprint density at radius 2 is 0.713 bits per heavy atom. The Labute approximate surface area is 468 Å². The van der Waals surface area contributed by atoms with Gasteiger partial charge in [-0.2, -0.15) is 10.5 Å². The summed E-state index contributed by atoms with van der Waals surface area (Å²) >= 11 is 0. The monoisotopic (exact) mass is 1020 g/mol. The second kappa shape index (κ2) is 19.8. The summed E-state index contributed by atoms with van der Waals surface area (Å²) in [5.74, 6) is 0.402. The van der Waals surface area contributed by atoms with Gasteiger partial charge in [-0.05, 0) is 204 Å². The Kier molecular flexibility index (Phi) is 11.9. The van der Waals surface area contributed by atoms with Crippen LogP contribution in [0.5, 0.6) is 0 Å². The molecular weight excluding hydrogens is 969 g/mol. The first-order valence-electron chi connectivity index (χ1n) is 27.4. The quantitative estimate of drug-likeness (QED) is 0.137. The van der Waals surface area contributed by atoms with Crippen molar-refractivity contribution in [3.63, 3.8) is 0 Å². The summed E-state index contributed by atoms with van der Waals surface area (Å²) in [7, 11) is 0. The highest BCUT2D eigenvalue weighted by Crippen LogP contribution is 2.64. The van der Waals surface area contributed by atoms with Crippen LogP contribution in [-0.2, 0) is 5.41 Å². The normalized spacial score (nSPS) is 14.0. The second-order valence-corrected chi connectivity index (χ2v) is 21.2. The van der Waals surface area contributed by atoms with Crippen molar-refractivity contribution in [2.75, 3.05) is 9.80 Å². The number of benzene rings is 11. The molecular formula is C76H52N4. The molecule has 1 unspecified atom stereocenters. The number of hydrogen-bond acceptors (Lipinski definition) is 4. The summed E-state index contributed by atoms with van der Waals surface area (Å²) < 4.78 is 0. The van der Waals surface area contributed by atoms with Crippen LogP contribution in [0.3, 0.4) is 0 Å². The number of para-hydroxylation sites is 1. The molecule has 4 heteroatoms. The van der Waals surface area contributed by atoms with Crippen LogP contribution in [0.15, 0.2) is 285 Å². The van der Waals surface area contributed by atoms with Gasteiger partial charge in [-0.1, -0.05) is 183 Å². The molecule has 1 spiro atoms.